The normalized spacial score (nSPS) is 12.1. The highest BCUT2D eigenvalue weighted by molar-refractivity contribution is 5.83. The molecule has 166 valence electrons. The number of hydrogen-bond acceptors (Lipinski definition) is 3. The number of aromatic nitrogens is 2. The largest absolute Gasteiger partial charge is 0.454 e. The van der Waals surface area contributed by atoms with E-state index in [9.17, 15) is 0 Å². The number of aryl methyl sites for hydroxylation is 1. The lowest BCUT2D eigenvalue weighted by atomic mass is 10.0. The molecule has 1 aliphatic heterocycles. The van der Waals surface area contributed by atoms with E-state index in [1.165, 1.54) is 11.1 Å². The molecule has 0 N–H and O–H groups in total. The van der Waals surface area contributed by atoms with E-state index in [1.54, 1.807) is 0 Å². The third-order valence-corrected chi connectivity index (χ3v) is 6.15. The van der Waals surface area contributed by atoms with Gasteiger partial charge in [0.1, 0.15) is 5.82 Å². The van der Waals surface area contributed by atoms with Crippen LogP contribution in [0.15, 0.2) is 103 Å². The van der Waals surface area contributed by atoms with Crippen molar-refractivity contribution in [1.82, 2.24) is 9.55 Å². The predicted octanol–water partition coefficient (Wildman–Crippen LogP) is 6.97. The van der Waals surface area contributed by atoms with Crippen LogP contribution in [0.25, 0.3) is 33.9 Å². The van der Waals surface area contributed by atoms with Crippen LogP contribution >= 0.6 is 0 Å². The van der Waals surface area contributed by atoms with Gasteiger partial charge < -0.3 is 14.0 Å². The SMILES string of the molecule is Cc1ccc(-c2nc(-c3ccccc3)n(Cc3ccccc3)c2-c2ccc3c(c2)OCO3)cc1. The van der Waals surface area contributed by atoms with Crippen LogP contribution in [-0.2, 0) is 6.54 Å². The van der Waals surface area contributed by atoms with E-state index in [-0.39, 0.29) is 6.79 Å². The number of hydrogen-bond donors (Lipinski definition) is 0. The smallest absolute Gasteiger partial charge is 0.231 e. The second-order valence-electron chi connectivity index (χ2n) is 8.50. The molecule has 4 heteroatoms. The Morgan fingerprint density at radius 1 is 0.706 bits per heavy atom. The highest BCUT2D eigenvalue weighted by Crippen LogP contribution is 2.41. The van der Waals surface area contributed by atoms with Crippen molar-refractivity contribution in [2.45, 2.75) is 13.5 Å². The Kier molecular flexibility index (Phi) is 5.11. The third kappa shape index (κ3) is 3.73. The molecule has 34 heavy (non-hydrogen) atoms. The Labute approximate surface area is 199 Å². The monoisotopic (exact) mass is 444 g/mol. The van der Waals surface area contributed by atoms with Crippen molar-refractivity contribution in [1.29, 1.82) is 0 Å². The molecule has 0 bridgehead atoms. The maximum Gasteiger partial charge on any atom is 0.231 e. The van der Waals surface area contributed by atoms with Gasteiger partial charge in [-0.05, 0) is 30.7 Å². The molecule has 0 saturated carbocycles. The molecule has 1 aliphatic rings. The van der Waals surface area contributed by atoms with Gasteiger partial charge in [-0.1, -0.05) is 90.5 Å². The molecule has 0 atom stereocenters. The number of nitrogens with zero attached hydrogens (tertiary/aromatic N) is 2. The molecule has 0 amide bonds. The fourth-order valence-corrected chi connectivity index (χ4v) is 4.43. The number of benzene rings is 4. The lowest BCUT2D eigenvalue weighted by Gasteiger charge is -2.14. The van der Waals surface area contributed by atoms with Crippen LogP contribution in [0.2, 0.25) is 0 Å². The van der Waals surface area contributed by atoms with Crippen molar-refractivity contribution < 1.29 is 9.47 Å². The van der Waals surface area contributed by atoms with E-state index in [2.05, 4.69) is 96.4 Å². The van der Waals surface area contributed by atoms with Gasteiger partial charge in [-0.15, -0.1) is 0 Å². The molecule has 5 aromatic rings. The van der Waals surface area contributed by atoms with E-state index in [4.69, 9.17) is 14.5 Å². The molecule has 4 nitrogen and oxygen atoms in total. The van der Waals surface area contributed by atoms with E-state index in [1.807, 2.05) is 18.2 Å². The molecular weight excluding hydrogens is 420 g/mol. The van der Waals surface area contributed by atoms with Gasteiger partial charge in [0.05, 0.1) is 11.4 Å². The van der Waals surface area contributed by atoms with Crippen molar-refractivity contribution in [3.8, 4) is 45.4 Å². The first-order chi connectivity index (χ1) is 16.8. The average Bonchev–Trinajstić information content (AvgIpc) is 3.50. The molecule has 1 aromatic heterocycles. The first kappa shape index (κ1) is 20.3. The quantitative estimate of drug-likeness (QED) is 0.294. The zero-order valence-electron chi connectivity index (χ0n) is 18.9. The summed E-state index contributed by atoms with van der Waals surface area (Å²) < 4.78 is 13.6. The minimum atomic E-state index is 0.252. The summed E-state index contributed by atoms with van der Waals surface area (Å²) in [6, 6.07) is 35.6. The second kappa shape index (κ2) is 8.56. The first-order valence-corrected chi connectivity index (χ1v) is 11.4. The molecule has 4 aromatic carbocycles. The predicted molar refractivity (Wildman–Crippen MR) is 135 cm³/mol. The Balaban J connectivity index is 1.63. The summed E-state index contributed by atoms with van der Waals surface area (Å²) in [6.45, 7) is 3.06. The van der Waals surface area contributed by atoms with Crippen LogP contribution in [0.4, 0.5) is 0 Å². The standard InChI is InChI=1S/C30H24N2O2/c1-21-12-14-23(15-13-21)28-29(25-16-17-26-27(18-25)34-20-33-26)32(19-22-8-4-2-5-9-22)30(31-28)24-10-6-3-7-11-24/h2-18H,19-20H2,1H3. The highest BCUT2D eigenvalue weighted by atomic mass is 16.7. The summed E-state index contributed by atoms with van der Waals surface area (Å²) in [5.41, 5.74) is 7.67. The van der Waals surface area contributed by atoms with Crippen molar-refractivity contribution >= 4 is 0 Å². The van der Waals surface area contributed by atoms with Gasteiger partial charge in [-0.3, -0.25) is 0 Å². The van der Waals surface area contributed by atoms with Crippen molar-refractivity contribution in [2.75, 3.05) is 6.79 Å². The van der Waals surface area contributed by atoms with Crippen LogP contribution in [0.3, 0.4) is 0 Å². The van der Waals surface area contributed by atoms with Gasteiger partial charge >= 0.3 is 0 Å². The van der Waals surface area contributed by atoms with Crippen LogP contribution < -0.4 is 9.47 Å². The summed E-state index contributed by atoms with van der Waals surface area (Å²) in [5.74, 6) is 2.48. The fourth-order valence-electron chi connectivity index (χ4n) is 4.43. The van der Waals surface area contributed by atoms with Gasteiger partial charge in [0, 0.05) is 23.2 Å². The lowest BCUT2D eigenvalue weighted by Crippen LogP contribution is -2.04. The maximum absolute atomic E-state index is 5.72. The topological polar surface area (TPSA) is 36.3 Å². The molecular formula is C30H24N2O2. The van der Waals surface area contributed by atoms with Crippen molar-refractivity contribution in [2.24, 2.45) is 0 Å². The average molecular weight is 445 g/mol. The van der Waals surface area contributed by atoms with Gasteiger partial charge in [0.2, 0.25) is 6.79 Å². The van der Waals surface area contributed by atoms with Gasteiger partial charge in [-0.25, -0.2) is 4.98 Å². The van der Waals surface area contributed by atoms with Gasteiger partial charge in [-0.2, -0.15) is 0 Å². The Hall–Kier alpha value is -4.31. The molecule has 6 rings (SSSR count). The van der Waals surface area contributed by atoms with Crippen LogP contribution in [-0.4, -0.2) is 16.3 Å². The molecule has 0 radical (unpaired) electrons. The van der Waals surface area contributed by atoms with E-state index < -0.39 is 0 Å². The van der Waals surface area contributed by atoms with E-state index >= 15 is 0 Å². The molecule has 0 fully saturated rings. The molecule has 0 spiro atoms. The van der Waals surface area contributed by atoms with E-state index in [0.717, 1.165) is 45.4 Å². The number of imidazole rings is 1. The van der Waals surface area contributed by atoms with Gasteiger partial charge in [0.25, 0.3) is 0 Å². The second-order valence-corrected chi connectivity index (χ2v) is 8.50. The number of fused-ring (bicyclic) bond motifs is 1. The number of rotatable bonds is 5. The summed E-state index contributed by atoms with van der Waals surface area (Å²) >= 11 is 0. The molecule has 0 saturated heterocycles. The van der Waals surface area contributed by atoms with Crippen molar-refractivity contribution in [3.63, 3.8) is 0 Å². The summed E-state index contributed by atoms with van der Waals surface area (Å²) in [5, 5.41) is 0. The van der Waals surface area contributed by atoms with Gasteiger partial charge in [0.15, 0.2) is 11.5 Å². The molecule has 0 unspecified atom stereocenters. The Morgan fingerprint density at radius 3 is 2.15 bits per heavy atom. The van der Waals surface area contributed by atoms with Crippen LogP contribution in [0.1, 0.15) is 11.1 Å². The molecule has 2 heterocycles. The van der Waals surface area contributed by atoms with Crippen LogP contribution in [0.5, 0.6) is 11.5 Å². The minimum absolute atomic E-state index is 0.252. The first-order valence-electron chi connectivity index (χ1n) is 11.4. The summed E-state index contributed by atoms with van der Waals surface area (Å²) in [4.78, 5) is 5.24. The zero-order chi connectivity index (χ0) is 22.9. The fraction of sp³-hybridized carbons (Fsp3) is 0.100. The highest BCUT2D eigenvalue weighted by Gasteiger charge is 2.23. The molecule has 0 aliphatic carbocycles. The van der Waals surface area contributed by atoms with Crippen molar-refractivity contribution in [3.05, 3.63) is 114 Å². The maximum atomic E-state index is 5.72. The summed E-state index contributed by atoms with van der Waals surface area (Å²) in [6.07, 6.45) is 0. The number of ether oxygens (including phenoxy) is 2. The third-order valence-electron chi connectivity index (χ3n) is 6.15. The Bertz CT molecular complexity index is 1440. The Morgan fingerprint density at radius 2 is 1.38 bits per heavy atom. The van der Waals surface area contributed by atoms with Crippen LogP contribution in [0, 0.1) is 6.92 Å². The minimum Gasteiger partial charge on any atom is -0.454 e. The summed E-state index contributed by atoms with van der Waals surface area (Å²) in [7, 11) is 0. The lowest BCUT2D eigenvalue weighted by molar-refractivity contribution is 0.174. The zero-order valence-corrected chi connectivity index (χ0v) is 18.9. The van der Waals surface area contributed by atoms with E-state index in [0.29, 0.717) is 6.54 Å².